The molecule has 1 aromatic carbocycles. The first-order valence-electron chi connectivity index (χ1n) is 5.11. The van der Waals surface area contributed by atoms with Crippen LogP contribution in [0.3, 0.4) is 0 Å². The van der Waals surface area contributed by atoms with Gasteiger partial charge in [-0.05, 0) is 38.1 Å². The van der Waals surface area contributed by atoms with Gasteiger partial charge in [-0.3, -0.25) is 9.59 Å². The van der Waals surface area contributed by atoms with Gasteiger partial charge in [0.25, 0.3) is 0 Å². The second-order valence-electron chi connectivity index (χ2n) is 3.72. The lowest BCUT2D eigenvalue weighted by Crippen LogP contribution is -2.34. The summed E-state index contributed by atoms with van der Waals surface area (Å²) in [4.78, 5) is 22.1. The molecular formula is C12H16N2O2. The van der Waals surface area contributed by atoms with E-state index in [0.29, 0.717) is 12.0 Å². The maximum absolute atomic E-state index is 11.2. The number of hydrogen-bond acceptors (Lipinski definition) is 3. The molecule has 1 amide bonds. The van der Waals surface area contributed by atoms with Gasteiger partial charge in [0.1, 0.15) is 5.78 Å². The topological polar surface area (TPSA) is 72.2 Å². The Hall–Kier alpha value is -1.68. The minimum absolute atomic E-state index is 0.0986. The van der Waals surface area contributed by atoms with Crippen LogP contribution in [0.15, 0.2) is 24.3 Å². The number of hydrogen-bond donors (Lipinski definition) is 2. The molecule has 0 heterocycles. The number of nitrogens with one attached hydrogen (secondary N) is 1. The second-order valence-corrected chi connectivity index (χ2v) is 3.72. The van der Waals surface area contributed by atoms with Crippen LogP contribution in [0, 0.1) is 0 Å². The SMILES string of the molecule is CN[C@@H](Cc1ccc(C(N)=O)cc1)C(C)=O. The number of Topliss-reactive ketones (excluding diaryl/α,β-unsaturated/α-hetero) is 1. The first-order chi connectivity index (χ1) is 7.54. The maximum Gasteiger partial charge on any atom is 0.248 e. The van der Waals surface area contributed by atoms with Gasteiger partial charge in [0, 0.05) is 5.56 Å². The zero-order chi connectivity index (χ0) is 12.1. The van der Waals surface area contributed by atoms with Crippen molar-refractivity contribution in [3.8, 4) is 0 Å². The van der Waals surface area contributed by atoms with Crippen molar-refractivity contribution in [2.24, 2.45) is 5.73 Å². The van der Waals surface area contributed by atoms with E-state index in [1.54, 1.807) is 26.1 Å². The summed E-state index contributed by atoms with van der Waals surface area (Å²) in [6.07, 6.45) is 0.616. The van der Waals surface area contributed by atoms with E-state index in [-0.39, 0.29) is 11.8 Å². The maximum atomic E-state index is 11.2. The number of amides is 1. The number of carbonyl (C=O) groups is 2. The Bertz CT molecular complexity index is 385. The molecule has 86 valence electrons. The molecule has 0 spiro atoms. The van der Waals surface area contributed by atoms with Crippen LogP contribution in [-0.2, 0) is 11.2 Å². The summed E-state index contributed by atoms with van der Waals surface area (Å²) in [5.74, 6) is -0.343. The van der Waals surface area contributed by atoms with Gasteiger partial charge in [0.15, 0.2) is 0 Å². The highest BCUT2D eigenvalue weighted by atomic mass is 16.1. The van der Waals surface area contributed by atoms with E-state index in [0.717, 1.165) is 5.56 Å². The summed E-state index contributed by atoms with van der Waals surface area (Å²) in [6.45, 7) is 1.55. The van der Waals surface area contributed by atoms with Crippen molar-refractivity contribution in [2.45, 2.75) is 19.4 Å². The lowest BCUT2D eigenvalue weighted by molar-refractivity contribution is -0.118. The lowest BCUT2D eigenvalue weighted by atomic mass is 10.0. The van der Waals surface area contributed by atoms with Crippen LogP contribution in [0.25, 0.3) is 0 Å². The first kappa shape index (κ1) is 12.4. The molecule has 0 aliphatic carbocycles. The lowest BCUT2D eigenvalue weighted by Gasteiger charge is -2.12. The summed E-state index contributed by atoms with van der Waals surface area (Å²) in [7, 11) is 1.75. The zero-order valence-corrected chi connectivity index (χ0v) is 9.49. The molecule has 4 nitrogen and oxygen atoms in total. The standard InChI is InChI=1S/C12H16N2O2/c1-8(15)11(14-2)7-9-3-5-10(6-4-9)12(13)16/h3-6,11,14H,7H2,1-2H3,(H2,13,16)/t11-/m0/s1. The normalized spacial score (nSPS) is 12.1. The van der Waals surface area contributed by atoms with Crippen LogP contribution in [-0.4, -0.2) is 24.8 Å². The highest BCUT2D eigenvalue weighted by Gasteiger charge is 2.12. The van der Waals surface area contributed by atoms with Crippen LogP contribution >= 0.6 is 0 Å². The molecule has 16 heavy (non-hydrogen) atoms. The van der Waals surface area contributed by atoms with E-state index in [1.165, 1.54) is 0 Å². The molecule has 0 aliphatic heterocycles. The number of nitrogens with two attached hydrogens (primary N) is 1. The number of likely N-dealkylation sites (N-methyl/N-ethyl adjacent to an activating group) is 1. The number of carbonyl (C=O) groups excluding carboxylic acids is 2. The third-order valence-electron chi connectivity index (χ3n) is 2.52. The molecule has 1 rings (SSSR count). The molecule has 0 unspecified atom stereocenters. The van der Waals surface area contributed by atoms with E-state index in [2.05, 4.69) is 5.32 Å². The van der Waals surface area contributed by atoms with Crippen LogP contribution < -0.4 is 11.1 Å². The molecule has 1 aromatic rings. The van der Waals surface area contributed by atoms with Crippen LogP contribution in [0.1, 0.15) is 22.8 Å². The average Bonchev–Trinajstić information content (AvgIpc) is 2.26. The van der Waals surface area contributed by atoms with Crippen LogP contribution in [0.5, 0.6) is 0 Å². The Kier molecular flexibility index (Phi) is 4.19. The number of benzene rings is 1. The van der Waals surface area contributed by atoms with E-state index in [9.17, 15) is 9.59 Å². The van der Waals surface area contributed by atoms with Crippen molar-refractivity contribution >= 4 is 11.7 Å². The Morgan fingerprint density at radius 1 is 1.31 bits per heavy atom. The van der Waals surface area contributed by atoms with Gasteiger partial charge >= 0.3 is 0 Å². The van der Waals surface area contributed by atoms with Crippen molar-refractivity contribution in [2.75, 3.05) is 7.05 Å². The van der Waals surface area contributed by atoms with E-state index in [4.69, 9.17) is 5.73 Å². The van der Waals surface area contributed by atoms with Crippen molar-refractivity contribution < 1.29 is 9.59 Å². The highest BCUT2D eigenvalue weighted by Crippen LogP contribution is 2.07. The van der Waals surface area contributed by atoms with Crippen LogP contribution in [0.2, 0.25) is 0 Å². The molecule has 0 fully saturated rings. The monoisotopic (exact) mass is 220 g/mol. The van der Waals surface area contributed by atoms with Crippen molar-refractivity contribution in [1.29, 1.82) is 0 Å². The third-order valence-corrected chi connectivity index (χ3v) is 2.52. The smallest absolute Gasteiger partial charge is 0.248 e. The van der Waals surface area contributed by atoms with Crippen LogP contribution in [0.4, 0.5) is 0 Å². The van der Waals surface area contributed by atoms with Crippen molar-refractivity contribution in [1.82, 2.24) is 5.32 Å². The largest absolute Gasteiger partial charge is 0.366 e. The molecular weight excluding hydrogens is 204 g/mol. The minimum atomic E-state index is -0.441. The highest BCUT2D eigenvalue weighted by molar-refractivity contribution is 5.92. The first-order valence-corrected chi connectivity index (χ1v) is 5.11. The summed E-state index contributed by atoms with van der Waals surface area (Å²) in [5.41, 5.74) is 6.61. The number of ketones is 1. The molecule has 0 aromatic heterocycles. The molecule has 0 aliphatic rings. The Balaban J connectivity index is 2.75. The Morgan fingerprint density at radius 3 is 2.25 bits per heavy atom. The van der Waals surface area contributed by atoms with E-state index < -0.39 is 5.91 Å². The van der Waals surface area contributed by atoms with Gasteiger partial charge in [-0.15, -0.1) is 0 Å². The molecule has 3 N–H and O–H groups in total. The van der Waals surface area contributed by atoms with Gasteiger partial charge in [-0.25, -0.2) is 0 Å². The Morgan fingerprint density at radius 2 is 1.88 bits per heavy atom. The molecule has 0 bridgehead atoms. The molecule has 4 heteroatoms. The molecule has 0 radical (unpaired) electrons. The Labute approximate surface area is 94.8 Å². The summed E-state index contributed by atoms with van der Waals surface area (Å²) in [5, 5.41) is 2.95. The molecule has 0 saturated carbocycles. The van der Waals surface area contributed by atoms with E-state index in [1.807, 2.05) is 12.1 Å². The van der Waals surface area contributed by atoms with Gasteiger partial charge in [-0.1, -0.05) is 12.1 Å². The third kappa shape index (κ3) is 3.17. The summed E-state index contributed by atoms with van der Waals surface area (Å²) < 4.78 is 0. The summed E-state index contributed by atoms with van der Waals surface area (Å²) >= 11 is 0. The fourth-order valence-electron chi connectivity index (χ4n) is 1.49. The van der Waals surface area contributed by atoms with Crippen molar-refractivity contribution in [3.05, 3.63) is 35.4 Å². The summed E-state index contributed by atoms with van der Waals surface area (Å²) in [6, 6.07) is 6.79. The predicted molar refractivity (Wildman–Crippen MR) is 62.2 cm³/mol. The predicted octanol–water partition coefficient (Wildman–Crippen LogP) is 0.505. The van der Waals surface area contributed by atoms with Gasteiger partial charge in [0.2, 0.25) is 5.91 Å². The zero-order valence-electron chi connectivity index (χ0n) is 9.49. The van der Waals surface area contributed by atoms with Crippen molar-refractivity contribution in [3.63, 3.8) is 0 Å². The quantitative estimate of drug-likeness (QED) is 0.759. The van der Waals surface area contributed by atoms with E-state index >= 15 is 0 Å². The molecule has 1 atom stereocenters. The number of primary amides is 1. The molecule has 0 saturated heterocycles. The second kappa shape index (κ2) is 5.42. The van der Waals surface area contributed by atoms with Gasteiger partial charge in [-0.2, -0.15) is 0 Å². The van der Waals surface area contributed by atoms with Gasteiger partial charge < -0.3 is 11.1 Å². The van der Waals surface area contributed by atoms with Gasteiger partial charge in [0.05, 0.1) is 6.04 Å². The fraction of sp³-hybridized carbons (Fsp3) is 0.333. The average molecular weight is 220 g/mol. The fourth-order valence-corrected chi connectivity index (χ4v) is 1.49. The number of rotatable bonds is 5. The minimum Gasteiger partial charge on any atom is -0.366 e.